The molecule has 2 N–H and O–H groups in total. The Bertz CT molecular complexity index is 190. The molecule has 0 unspecified atom stereocenters. The lowest BCUT2D eigenvalue weighted by atomic mass is 10.4. The van der Waals surface area contributed by atoms with Crippen molar-refractivity contribution in [2.75, 3.05) is 0 Å². The highest BCUT2D eigenvalue weighted by molar-refractivity contribution is 5.87. The molecular formula is C7H10O5. The molecule has 0 saturated heterocycles. The predicted octanol–water partition coefficient (Wildman–Crippen LogP) is 1.47. The molecule has 5 heteroatoms. The monoisotopic (exact) mass is 174 g/mol. The van der Waals surface area contributed by atoms with Gasteiger partial charge in [0, 0.05) is 5.57 Å². The molecular weight excluding hydrogens is 164 g/mol. The molecule has 0 aliphatic heterocycles. The average molecular weight is 174 g/mol. The zero-order valence-electron chi connectivity index (χ0n) is 6.61. The van der Waals surface area contributed by atoms with Gasteiger partial charge in [-0.3, -0.25) is 0 Å². The van der Waals surface area contributed by atoms with Crippen LogP contribution in [-0.2, 0) is 9.53 Å². The van der Waals surface area contributed by atoms with E-state index in [2.05, 4.69) is 17.9 Å². The molecule has 0 aliphatic carbocycles. The smallest absolute Gasteiger partial charge is 0.450 e. The fourth-order valence-electron chi connectivity index (χ4n) is 0.176. The fraction of sp³-hybridized carbons (Fsp3) is 0.143. The van der Waals surface area contributed by atoms with Crippen LogP contribution in [-0.4, -0.2) is 22.3 Å². The Balaban J connectivity index is 0. The maximum atomic E-state index is 10.3. The van der Waals surface area contributed by atoms with Gasteiger partial charge in [0.15, 0.2) is 0 Å². The number of hydrogen-bond acceptors (Lipinski definition) is 3. The summed E-state index contributed by atoms with van der Waals surface area (Å²) in [5, 5.41) is 13.9. The molecule has 0 radical (unpaired) electrons. The first-order valence-electron chi connectivity index (χ1n) is 2.81. The Kier molecular flexibility index (Phi) is 7.85. The quantitative estimate of drug-likeness (QED) is 0.376. The Hall–Kier alpha value is -1.78. The van der Waals surface area contributed by atoms with Gasteiger partial charge in [0.2, 0.25) is 0 Å². The van der Waals surface area contributed by atoms with Gasteiger partial charge in [0.25, 0.3) is 0 Å². The summed E-state index contributed by atoms with van der Waals surface area (Å²) in [6, 6.07) is 0. The highest BCUT2D eigenvalue weighted by Gasteiger charge is 1.97. The van der Waals surface area contributed by atoms with E-state index < -0.39 is 12.1 Å². The molecule has 0 bridgehead atoms. The van der Waals surface area contributed by atoms with Gasteiger partial charge >= 0.3 is 12.1 Å². The number of carboxylic acid groups (broad SMARTS) is 2. The third-order valence-electron chi connectivity index (χ3n) is 0.539. The van der Waals surface area contributed by atoms with Crippen molar-refractivity contribution in [3.8, 4) is 0 Å². The second-order valence-corrected chi connectivity index (χ2v) is 1.63. The lowest BCUT2D eigenvalue weighted by molar-refractivity contribution is -0.133. The maximum Gasteiger partial charge on any atom is 0.503 e. The summed E-state index contributed by atoms with van der Waals surface area (Å²) in [6.07, 6.45) is -0.753. The summed E-state index contributed by atoms with van der Waals surface area (Å²) >= 11 is 0. The molecule has 12 heavy (non-hydrogen) atoms. The Morgan fingerprint density at radius 1 is 1.42 bits per heavy atom. The zero-order valence-corrected chi connectivity index (χ0v) is 6.61. The van der Waals surface area contributed by atoms with Gasteiger partial charge in [-0.1, -0.05) is 13.2 Å². The molecule has 0 rings (SSSR count). The van der Waals surface area contributed by atoms with Crippen LogP contribution >= 0.6 is 0 Å². The molecule has 0 atom stereocenters. The summed E-state index contributed by atoms with van der Waals surface area (Å²) in [5.41, 5.74) is 0.380. The van der Waals surface area contributed by atoms with Gasteiger partial charge in [-0.2, -0.15) is 0 Å². The summed E-state index contributed by atoms with van der Waals surface area (Å²) in [4.78, 5) is 18.9. The van der Waals surface area contributed by atoms with Gasteiger partial charge in [-0.15, -0.1) is 0 Å². The Morgan fingerprint density at radius 3 is 1.83 bits per heavy atom. The molecule has 0 heterocycles. The number of esters is 1. The standard InChI is InChI=1S/C6H8O2.CH2O3/c1-4-8-6(7)5(2)3;2-1(3)4/h4H,1-2H2,3H3;(H2,2,3,4). The Morgan fingerprint density at radius 2 is 1.75 bits per heavy atom. The first-order chi connectivity index (χ1) is 5.41. The fourth-order valence-corrected chi connectivity index (χ4v) is 0.176. The summed E-state index contributed by atoms with van der Waals surface area (Å²) in [7, 11) is 0. The van der Waals surface area contributed by atoms with Crippen LogP contribution in [0.25, 0.3) is 0 Å². The van der Waals surface area contributed by atoms with Gasteiger partial charge < -0.3 is 14.9 Å². The molecule has 5 nitrogen and oxygen atoms in total. The first kappa shape index (κ1) is 12.9. The van der Waals surface area contributed by atoms with Crippen LogP contribution < -0.4 is 0 Å². The highest BCUT2D eigenvalue weighted by atomic mass is 16.6. The molecule has 0 saturated carbocycles. The molecule has 0 spiro atoms. The lowest BCUT2D eigenvalue weighted by Crippen LogP contribution is -1.98. The van der Waals surface area contributed by atoms with Crippen LogP contribution in [0.3, 0.4) is 0 Å². The number of carbonyl (C=O) groups excluding carboxylic acids is 1. The number of carbonyl (C=O) groups is 2. The first-order valence-corrected chi connectivity index (χ1v) is 2.81. The molecule has 68 valence electrons. The van der Waals surface area contributed by atoms with Crippen molar-refractivity contribution in [1.82, 2.24) is 0 Å². The van der Waals surface area contributed by atoms with E-state index in [1.807, 2.05) is 0 Å². The number of rotatable bonds is 2. The van der Waals surface area contributed by atoms with Gasteiger partial charge in [-0.05, 0) is 6.92 Å². The van der Waals surface area contributed by atoms with Gasteiger partial charge in [0.1, 0.15) is 0 Å². The van der Waals surface area contributed by atoms with Crippen LogP contribution in [0, 0.1) is 0 Å². The van der Waals surface area contributed by atoms with Crippen LogP contribution in [0.1, 0.15) is 6.92 Å². The number of hydrogen-bond donors (Lipinski definition) is 2. The summed E-state index contributed by atoms with van der Waals surface area (Å²) in [5.74, 6) is -0.431. The van der Waals surface area contributed by atoms with E-state index in [9.17, 15) is 4.79 Å². The summed E-state index contributed by atoms with van der Waals surface area (Å²) < 4.78 is 4.33. The van der Waals surface area contributed by atoms with Crippen molar-refractivity contribution in [1.29, 1.82) is 0 Å². The van der Waals surface area contributed by atoms with E-state index in [4.69, 9.17) is 15.0 Å². The normalized spacial score (nSPS) is 7.08. The van der Waals surface area contributed by atoms with Gasteiger partial charge in [-0.25, -0.2) is 9.59 Å². The maximum absolute atomic E-state index is 10.3. The van der Waals surface area contributed by atoms with E-state index in [1.165, 1.54) is 0 Å². The predicted molar refractivity (Wildman–Crippen MR) is 41.8 cm³/mol. The minimum Gasteiger partial charge on any atom is -0.450 e. The van der Waals surface area contributed by atoms with E-state index in [0.717, 1.165) is 6.26 Å². The third-order valence-corrected chi connectivity index (χ3v) is 0.539. The molecule has 0 aromatic carbocycles. The Labute approximate surface area is 69.6 Å². The van der Waals surface area contributed by atoms with Crippen molar-refractivity contribution in [2.45, 2.75) is 6.92 Å². The van der Waals surface area contributed by atoms with E-state index in [-0.39, 0.29) is 0 Å². The molecule has 0 aromatic heterocycles. The van der Waals surface area contributed by atoms with Crippen LogP contribution in [0.4, 0.5) is 4.79 Å². The topological polar surface area (TPSA) is 83.8 Å². The van der Waals surface area contributed by atoms with E-state index >= 15 is 0 Å². The molecule has 0 aromatic rings. The summed E-state index contributed by atoms with van der Waals surface area (Å²) in [6.45, 7) is 8.13. The van der Waals surface area contributed by atoms with E-state index in [0.29, 0.717) is 5.57 Å². The second-order valence-electron chi connectivity index (χ2n) is 1.63. The molecule has 0 amide bonds. The average Bonchev–Trinajstić information content (AvgIpc) is 1.86. The van der Waals surface area contributed by atoms with Crippen molar-refractivity contribution >= 4 is 12.1 Å². The molecule has 0 fully saturated rings. The van der Waals surface area contributed by atoms with Crippen LogP contribution in [0.5, 0.6) is 0 Å². The van der Waals surface area contributed by atoms with Crippen LogP contribution in [0.15, 0.2) is 25.0 Å². The number of ether oxygens (including phenoxy) is 1. The SMILES string of the molecule is C=COC(=O)C(=C)C.O=C(O)O. The molecule has 0 aliphatic rings. The largest absolute Gasteiger partial charge is 0.503 e. The minimum absolute atomic E-state index is 0.380. The van der Waals surface area contributed by atoms with Crippen molar-refractivity contribution in [3.63, 3.8) is 0 Å². The van der Waals surface area contributed by atoms with Crippen molar-refractivity contribution < 1.29 is 24.5 Å². The highest BCUT2D eigenvalue weighted by Crippen LogP contribution is 1.90. The third kappa shape index (κ3) is 15.7. The lowest BCUT2D eigenvalue weighted by Gasteiger charge is -1.92. The van der Waals surface area contributed by atoms with Crippen molar-refractivity contribution in [2.24, 2.45) is 0 Å². The van der Waals surface area contributed by atoms with Crippen LogP contribution in [0.2, 0.25) is 0 Å². The van der Waals surface area contributed by atoms with Crippen molar-refractivity contribution in [3.05, 3.63) is 25.0 Å². The zero-order chi connectivity index (χ0) is 10.1. The van der Waals surface area contributed by atoms with E-state index in [1.54, 1.807) is 6.92 Å². The minimum atomic E-state index is -1.83. The second kappa shape index (κ2) is 7.33. The van der Waals surface area contributed by atoms with Gasteiger partial charge in [0.05, 0.1) is 6.26 Å².